The van der Waals surface area contributed by atoms with Gasteiger partial charge in [0.15, 0.2) is 0 Å². The molecular formula is C32H41N3O5S. The maximum Gasteiger partial charge on any atom is 0.264 e. The van der Waals surface area contributed by atoms with Crippen LogP contribution in [0.1, 0.15) is 49.9 Å². The van der Waals surface area contributed by atoms with Crippen LogP contribution in [-0.2, 0) is 26.2 Å². The maximum absolute atomic E-state index is 14.1. The molecule has 41 heavy (non-hydrogen) atoms. The molecule has 0 saturated carbocycles. The van der Waals surface area contributed by atoms with Gasteiger partial charge in [0.05, 0.1) is 17.7 Å². The third-order valence-electron chi connectivity index (χ3n) is 6.56. The molecule has 0 unspecified atom stereocenters. The van der Waals surface area contributed by atoms with E-state index in [9.17, 15) is 18.0 Å². The molecule has 0 aliphatic heterocycles. The molecule has 220 valence electrons. The quantitative estimate of drug-likeness (QED) is 0.359. The van der Waals surface area contributed by atoms with E-state index in [4.69, 9.17) is 4.74 Å². The predicted molar refractivity (Wildman–Crippen MR) is 163 cm³/mol. The Morgan fingerprint density at radius 3 is 1.95 bits per heavy atom. The lowest BCUT2D eigenvalue weighted by Crippen LogP contribution is -2.54. The first-order valence-corrected chi connectivity index (χ1v) is 15.0. The summed E-state index contributed by atoms with van der Waals surface area (Å²) in [7, 11) is -2.55. The number of sulfonamides is 1. The highest BCUT2D eigenvalue weighted by Gasteiger charge is 2.33. The minimum absolute atomic E-state index is 0.0790. The van der Waals surface area contributed by atoms with E-state index >= 15 is 0 Å². The monoisotopic (exact) mass is 579 g/mol. The van der Waals surface area contributed by atoms with Crippen LogP contribution in [-0.4, -0.2) is 50.4 Å². The fourth-order valence-corrected chi connectivity index (χ4v) is 5.84. The first-order chi connectivity index (χ1) is 19.1. The summed E-state index contributed by atoms with van der Waals surface area (Å²) in [4.78, 5) is 28.8. The average molecular weight is 580 g/mol. The molecule has 2 amide bonds. The molecular weight excluding hydrogens is 538 g/mol. The number of amides is 2. The molecule has 1 atom stereocenters. The van der Waals surface area contributed by atoms with Gasteiger partial charge in [0.25, 0.3) is 10.0 Å². The first kappa shape index (κ1) is 31.7. The van der Waals surface area contributed by atoms with Crippen molar-refractivity contribution in [3.05, 3.63) is 89.0 Å². The van der Waals surface area contributed by atoms with Crippen LogP contribution in [0.5, 0.6) is 5.75 Å². The fourth-order valence-electron chi connectivity index (χ4n) is 4.45. The van der Waals surface area contributed by atoms with E-state index in [1.165, 1.54) is 4.90 Å². The van der Waals surface area contributed by atoms with Gasteiger partial charge in [0, 0.05) is 12.1 Å². The molecule has 3 aromatic rings. The van der Waals surface area contributed by atoms with Crippen LogP contribution in [0.25, 0.3) is 0 Å². The van der Waals surface area contributed by atoms with Gasteiger partial charge >= 0.3 is 0 Å². The fraction of sp³-hybridized carbons (Fsp3) is 0.375. The van der Waals surface area contributed by atoms with Gasteiger partial charge in [0.2, 0.25) is 11.8 Å². The van der Waals surface area contributed by atoms with E-state index in [0.717, 1.165) is 26.6 Å². The van der Waals surface area contributed by atoms with Crippen LogP contribution in [0.4, 0.5) is 5.69 Å². The topological polar surface area (TPSA) is 96.0 Å². The lowest BCUT2D eigenvalue weighted by atomic mass is 10.1. The Kier molecular flexibility index (Phi) is 9.86. The van der Waals surface area contributed by atoms with Crippen molar-refractivity contribution in [2.75, 3.05) is 18.0 Å². The third kappa shape index (κ3) is 8.33. The number of carbonyl (C=O) groups is 2. The summed E-state index contributed by atoms with van der Waals surface area (Å²) in [6.07, 6.45) is 0. The number of aryl methyl sites for hydroxylation is 3. The van der Waals surface area contributed by atoms with Crippen molar-refractivity contribution in [3.8, 4) is 5.75 Å². The van der Waals surface area contributed by atoms with Crippen molar-refractivity contribution < 1.29 is 22.7 Å². The van der Waals surface area contributed by atoms with Crippen LogP contribution in [0.2, 0.25) is 0 Å². The van der Waals surface area contributed by atoms with Gasteiger partial charge in [-0.1, -0.05) is 35.9 Å². The highest BCUT2D eigenvalue weighted by Crippen LogP contribution is 2.27. The van der Waals surface area contributed by atoms with Gasteiger partial charge in [-0.25, -0.2) is 8.42 Å². The Labute approximate surface area is 244 Å². The summed E-state index contributed by atoms with van der Waals surface area (Å²) >= 11 is 0. The van der Waals surface area contributed by atoms with E-state index in [-0.39, 0.29) is 17.3 Å². The number of ether oxygens (including phenoxy) is 1. The van der Waals surface area contributed by atoms with Gasteiger partial charge in [0.1, 0.15) is 18.3 Å². The van der Waals surface area contributed by atoms with Gasteiger partial charge < -0.3 is 15.0 Å². The number of nitrogens with zero attached hydrogens (tertiary/aromatic N) is 2. The number of rotatable bonds is 10. The molecule has 0 radical (unpaired) electrons. The maximum atomic E-state index is 14.1. The minimum atomic E-state index is -4.12. The Bertz CT molecular complexity index is 1460. The number of nitrogens with one attached hydrogen (secondary N) is 1. The molecule has 0 saturated heterocycles. The average Bonchev–Trinajstić information content (AvgIpc) is 2.88. The molecule has 0 fully saturated rings. The molecule has 3 aromatic carbocycles. The summed E-state index contributed by atoms with van der Waals surface area (Å²) in [6.45, 7) is 12.5. The Balaban J connectivity index is 2.06. The Hall–Kier alpha value is -3.85. The van der Waals surface area contributed by atoms with E-state index in [2.05, 4.69) is 5.32 Å². The van der Waals surface area contributed by atoms with Crippen LogP contribution in [0.15, 0.2) is 71.6 Å². The summed E-state index contributed by atoms with van der Waals surface area (Å²) in [6, 6.07) is 18.3. The second kappa shape index (κ2) is 12.8. The van der Waals surface area contributed by atoms with E-state index < -0.39 is 34.1 Å². The van der Waals surface area contributed by atoms with Crippen LogP contribution >= 0.6 is 0 Å². The smallest absolute Gasteiger partial charge is 0.264 e. The zero-order valence-corrected chi connectivity index (χ0v) is 26.0. The molecule has 0 bridgehead atoms. The molecule has 0 spiro atoms. The van der Waals surface area contributed by atoms with Gasteiger partial charge in [-0.15, -0.1) is 0 Å². The van der Waals surface area contributed by atoms with Crippen LogP contribution in [0.3, 0.4) is 0 Å². The lowest BCUT2D eigenvalue weighted by molar-refractivity contribution is -0.140. The molecule has 3 rings (SSSR count). The summed E-state index contributed by atoms with van der Waals surface area (Å²) < 4.78 is 34.4. The van der Waals surface area contributed by atoms with Gasteiger partial charge in [-0.3, -0.25) is 13.9 Å². The largest absolute Gasteiger partial charge is 0.497 e. The molecule has 9 heteroatoms. The molecule has 0 aliphatic carbocycles. The van der Waals surface area contributed by atoms with Gasteiger partial charge in [-0.05, 0) is 102 Å². The van der Waals surface area contributed by atoms with Gasteiger partial charge in [-0.2, -0.15) is 0 Å². The predicted octanol–water partition coefficient (Wildman–Crippen LogP) is 5.15. The number of hydrogen-bond donors (Lipinski definition) is 1. The normalized spacial score (nSPS) is 12.4. The van der Waals surface area contributed by atoms with E-state index in [0.29, 0.717) is 11.4 Å². The molecule has 0 heterocycles. The molecule has 0 aromatic heterocycles. The molecule has 0 aliphatic rings. The number of benzene rings is 3. The summed E-state index contributed by atoms with van der Waals surface area (Å²) in [5.41, 5.74) is 3.29. The zero-order chi connectivity index (χ0) is 30.5. The number of carbonyl (C=O) groups excluding carboxylic acids is 2. The Morgan fingerprint density at radius 1 is 0.878 bits per heavy atom. The highest BCUT2D eigenvalue weighted by atomic mass is 32.2. The van der Waals surface area contributed by atoms with E-state index in [1.54, 1.807) is 62.6 Å². The Morgan fingerprint density at radius 2 is 1.44 bits per heavy atom. The highest BCUT2D eigenvalue weighted by molar-refractivity contribution is 7.92. The first-order valence-electron chi connectivity index (χ1n) is 13.5. The zero-order valence-electron chi connectivity index (χ0n) is 25.2. The summed E-state index contributed by atoms with van der Waals surface area (Å²) in [5, 5.41) is 2.93. The third-order valence-corrected chi connectivity index (χ3v) is 8.35. The van der Waals surface area contributed by atoms with Crippen molar-refractivity contribution in [3.63, 3.8) is 0 Å². The van der Waals surface area contributed by atoms with Crippen molar-refractivity contribution in [2.45, 2.75) is 71.5 Å². The number of anilines is 1. The minimum Gasteiger partial charge on any atom is -0.497 e. The van der Waals surface area contributed by atoms with Crippen LogP contribution in [0, 0.1) is 20.8 Å². The van der Waals surface area contributed by atoms with Crippen molar-refractivity contribution in [2.24, 2.45) is 0 Å². The van der Waals surface area contributed by atoms with Crippen LogP contribution < -0.4 is 14.4 Å². The molecule has 1 N–H and O–H groups in total. The SMILES string of the molecule is COc1ccc(CN(C(=O)CN(c2cc(C)cc(C)c2)S(=O)(=O)c2ccc(C)cc2)[C@@H](C)C(=O)NC(C)(C)C)cc1. The number of hydrogen-bond acceptors (Lipinski definition) is 5. The second-order valence-electron chi connectivity index (χ2n) is 11.5. The lowest BCUT2D eigenvalue weighted by Gasteiger charge is -2.33. The number of methoxy groups -OCH3 is 1. The van der Waals surface area contributed by atoms with E-state index in [1.807, 2.05) is 59.7 Å². The molecule has 8 nitrogen and oxygen atoms in total. The van der Waals surface area contributed by atoms with Crippen molar-refractivity contribution in [1.29, 1.82) is 0 Å². The van der Waals surface area contributed by atoms with Crippen molar-refractivity contribution in [1.82, 2.24) is 10.2 Å². The van der Waals surface area contributed by atoms with Crippen molar-refractivity contribution >= 4 is 27.5 Å². The standard InChI is InChI=1S/C32H41N3O5S/c1-22-9-15-29(16-10-22)41(38,39)35(27-18-23(2)17-24(3)19-27)21-30(36)34(25(4)31(37)33-32(5,6)7)20-26-11-13-28(40-8)14-12-26/h9-19,25H,20-21H2,1-8H3,(H,33,37)/t25-/m0/s1. The second-order valence-corrected chi connectivity index (χ2v) is 13.3. The summed E-state index contributed by atoms with van der Waals surface area (Å²) in [5.74, 6) is -0.179.